The predicted octanol–water partition coefficient (Wildman–Crippen LogP) is 1.73. The molecule has 16 heavy (non-hydrogen) atoms. The molecule has 1 aliphatic heterocycles. The number of methoxy groups -OCH3 is 1. The van der Waals surface area contributed by atoms with Gasteiger partial charge in [-0.25, -0.2) is 0 Å². The number of hydrogen-bond donors (Lipinski definition) is 0. The van der Waals surface area contributed by atoms with Crippen LogP contribution in [0.15, 0.2) is 0 Å². The zero-order chi connectivity index (χ0) is 12.1. The van der Waals surface area contributed by atoms with E-state index < -0.39 is 0 Å². The van der Waals surface area contributed by atoms with Crippen LogP contribution in [0.25, 0.3) is 0 Å². The van der Waals surface area contributed by atoms with E-state index in [0.29, 0.717) is 31.3 Å². The summed E-state index contributed by atoms with van der Waals surface area (Å²) in [5.41, 5.74) is 0. The van der Waals surface area contributed by atoms with Crippen molar-refractivity contribution in [3.63, 3.8) is 0 Å². The van der Waals surface area contributed by atoms with Gasteiger partial charge in [0.25, 0.3) is 0 Å². The van der Waals surface area contributed by atoms with Crippen LogP contribution in [0.4, 0.5) is 0 Å². The smallest absolute Gasteiger partial charge is 0.305 e. The van der Waals surface area contributed by atoms with Crippen molar-refractivity contribution in [2.75, 3.05) is 7.11 Å². The Morgan fingerprint density at radius 2 is 1.75 bits per heavy atom. The van der Waals surface area contributed by atoms with Gasteiger partial charge in [-0.1, -0.05) is 0 Å². The van der Waals surface area contributed by atoms with Gasteiger partial charge in [0.15, 0.2) is 0 Å². The van der Waals surface area contributed by atoms with Gasteiger partial charge in [0.2, 0.25) is 5.91 Å². The van der Waals surface area contributed by atoms with Gasteiger partial charge in [-0.15, -0.1) is 0 Å². The molecular formula is C12H21NO3. The molecule has 0 aromatic rings. The van der Waals surface area contributed by atoms with Gasteiger partial charge in [0.05, 0.1) is 7.11 Å². The Bertz CT molecular complexity index is 255. The summed E-state index contributed by atoms with van der Waals surface area (Å²) in [7, 11) is 1.37. The Morgan fingerprint density at radius 1 is 1.19 bits per heavy atom. The third kappa shape index (κ3) is 3.22. The van der Waals surface area contributed by atoms with E-state index in [0.717, 1.165) is 12.8 Å². The second kappa shape index (κ2) is 5.87. The number of amides is 1. The highest BCUT2D eigenvalue weighted by molar-refractivity contribution is 5.78. The molecule has 0 aromatic heterocycles. The van der Waals surface area contributed by atoms with Crippen LogP contribution >= 0.6 is 0 Å². The number of nitrogens with zero attached hydrogens (tertiary/aromatic N) is 1. The fourth-order valence-electron chi connectivity index (χ4n) is 2.30. The Labute approximate surface area is 96.9 Å². The number of ether oxygens (including phenoxy) is 1. The minimum Gasteiger partial charge on any atom is -0.469 e. The van der Waals surface area contributed by atoms with Crippen molar-refractivity contribution >= 4 is 11.9 Å². The lowest BCUT2D eigenvalue weighted by atomic mass is 10.2. The van der Waals surface area contributed by atoms with Gasteiger partial charge in [0, 0.05) is 24.9 Å². The maximum absolute atomic E-state index is 11.9. The average molecular weight is 227 g/mol. The maximum atomic E-state index is 11.9. The molecule has 0 aliphatic carbocycles. The number of rotatable bonds is 4. The Kier molecular flexibility index (Phi) is 4.77. The largest absolute Gasteiger partial charge is 0.469 e. The molecule has 0 aromatic carbocycles. The first-order chi connectivity index (χ1) is 7.56. The maximum Gasteiger partial charge on any atom is 0.305 e. The summed E-state index contributed by atoms with van der Waals surface area (Å²) in [4.78, 5) is 24.8. The summed E-state index contributed by atoms with van der Waals surface area (Å²) in [5.74, 6) is -0.0725. The fourth-order valence-corrected chi connectivity index (χ4v) is 2.30. The van der Waals surface area contributed by atoms with E-state index >= 15 is 0 Å². The van der Waals surface area contributed by atoms with Crippen molar-refractivity contribution in [2.45, 2.75) is 58.0 Å². The van der Waals surface area contributed by atoms with Crippen molar-refractivity contribution in [1.29, 1.82) is 0 Å². The molecule has 0 N–H and O–H groups in total. The molecule has 1 heterocycles. The van der Waals surface area contributed by atoms with Gasteiger partial charge in [-0.2, -0.15) is 0 Å². The Balaban J connectivity index is 2.32. The highest BCUT2D eigenvalue weighted by Gasteiger charge is 2.30. The highest BCUT2D eigenvalue weighted by Crippen LogP contribution is 2.24. The van der Waals surface area contributed by atoms with E-state index in [4.69, 9.17) is 0 Å². The van der Waals surface area contributed by atoms with Crippen LogP contribution in [0.3, 0.4) is 0 Å². The summed E-state index contributed by atoms with van der Waals surface area (Å²) in [6, 6.07) is 0.696. The molecule has 2 atom stereocenters. The summed E-state index contributed by atoms with van der Waals surface area (Å²) in [6.07, 6.45) is 3.54. The molecule has 0 saturated carbocycles. The molecule has 92 valence electrons. The minimum absolute atomic E-state index is 0.168. The first-order valence-electron chi connectivity index (χ1n) is 5.94. The van der Waals surface area contributed by atoms with E-state index in [2.05, 4.69) is 18.6 Å². The topological polar surface area (TPSA) is 46.6 Å². The summed E-state index contributed by atoms with van der Waals surface area (Å²) in [6.45, 7) is 4.17. The number of carbonyl (C=O) groups is 2. The van der Waals surface area contributed by atoms with Crippen LogP contribution in [0.5, 0.6) is 0 Å². The lowest BCUT2D eigenvalue weighted by Gasteiger charge is -2.26. The molecule has 0 spiro atoms. The highest BCUT2D eigenvalue weighted by atomic mass is 16.5. The van der Waals surface area contributed by atoms with Crippen molar-refractivity contribution in [1.82, 2.24) is 4.90 Å². The van der Waals surface area contributed by atoms with Crippen molar-refractivity contribution in [2.24, 2.45) is 0 Å². The molecule has 1 fully saturated rings. The summed E-state index contributed by atoms with van der Waals surface area (Å²) < 4.78 is 4.54. The Hall–Kier alpha value is -1.06. The van der Waals surface area contributed by atoms with Crippen LogP contribution in [0.1, 0.15) is 46.0 Å². The molecule has 1 aliphatic rings. The third-order valence-corrected chi connectivity index (χ3v) is 3.24. The van der Waals surface area contributed by atoms with E-state index in [9.17, 15) is 9.59 Å². The molecule has 4 nitrogen and oxygen atoms in total. The first-order valence-corrected chi connectivity index (χ1v) is 5.94. The van der Waals surface area contributed by atoms with Crippen LogP contribution in [0.2, 0.25) is 0 Å². The van der Waals surface area contributed by atoms with Crippen molar-refractivity contribution < 1.29 is 14.3 Å². The Morgan fingerprint density at radius 3 is 2.25 bits per heavy atom. The van der Waals surface area contributed by atoms with Crippen molar-refractivity contribution in [3.8, 4) is 0 Å². The molecule has 1 saturated heterocycles. The van der Waals surface area contributed by atoms with E-state index in [1.54, 1.807) is 0 Å². The standard InChI is InChI=1S/C12H21NO3/c1-9-7-8-10(2)13(9)11(14)5-4-6-12(15)16-3/h9-10H,4-8H2,1-3H3/t9-,10-/m0/s1. The fraction of sp³-hybridized carbons (Fsp3) is 0.833. The van der Waals surface area contributed by atoms with Gasteiger partial charge in [0.1, 0.15) is 0 Å². The SMILES string of the molecule is COC(=O)CCCC(=O)N1[C@@H](C)CC[C@@H]1C. The molecule has 1 rings (SSSR count). The quantitative estimate of drug-likeness (QED) is 0.687. The zero-order valence-corrected chi connectivity index (χ0v) is 10.4. The normalized spacial score (nSPS) is 24.6. The zero-order valence-electron chi connectivity index (χ0n) is 10.4. The van der Waals surface area contributed by atoms with E-state index in [1.165, 1.54) is 7.11 Å². The molecule has 0 radical (unpaired) electrons. The molecule has 1 amide bonds. The minimum atomic E-state index is -0.240. The molecule has 4 heteroatoms. The third-order valence-electron chi connectivity index (χ3n) is 3.24. The van der Waals surface area contributed by atoms with Crippen molar-refractivity contribution in [3.05, 3.63) is 0 Å². The first kappa shape index (κ1) is 13.0. The second-order valence-electron chi connectivity index (χ2n) is 4.51. The lowest BCUT2D eigenvalue weighted by molar-refractivity contribution is -0.141. The van der Waals surface area contributed by atoms with Gasteiger partial charge in [-0.05, 0) is 33.1 Å². The van der Waals surface area contributed by atoms with Crippen LogP contribution in [0, 0.1) is 0 Å². The van der Waals surface area contributed by atoms with E-state index in [1.807, 2.05) is 4.90 Å². The molecular weight excluding hydrogens is 206 g/mol. The van der Waals surface area contributed by atoms with Crippen LogP contribution in [-0.2, 0) is 14.3 Å². The monoisotopic (exact) mass is 227 g/mol. The predicted molar refractivity (Wildman–Crippen MR) is 60.9 cm³/mol. The average Bonchev–Trinajstić information content (AvgIpc) is 2.58. The number of esters is 1. The molecule has 0 unspecified atom stereocenters. The van der Waals surface area contributed by atoms with Gasteiger partial charge >= 0.3 is 5.97 Å². The number of carbonyl (C=O) groups excluding carboxylic acids is 2. The number of likely N-dealkylation sites (tertiary alicyclic amines) is 1. The summed E-state index contributed by atoms with van der Waals surface area (Å²) >= 11 is 0. The van der Waals surface area contributed by atoms with Crippen LogP contribution < -0.4 is 0 Å². The molecule has 0 bridgehead atoms. The summed E-state index contributed by atoms with van der Waals surface area (Å²) in [5, 5.41) is 0. The second-order valence-corrected chi connectivity index (χ2v) is 4.51. The van der Waals surface area contributed by atoms with E-state index in [-0.39, 0.29) is 11.9 Å². The number of hydrogen-bond acceptors (Lipinski definition) is 3. The van der Waals surface area contributed by atoms with Crippen LogP contribution in [-0.4, -0.2) is 36.0 Å². The van der Waals surface area contributed by atoms with Gasteiger partial charge < -0.3 is 9.64 Å². The lowest BCUT2D eigenvalue weighted by Crippen LogP contribution is -2.38. The van der Waals surface area contributed by atoms with Gasteiger partial charge in [-0.3, -0.25) is 9.59 Å².